The van der Waals surface area contributed by atoms with Crippen molar-refractivity contribution in [3.05, 3.63) is 71.8 Å². The van der Waals surface area contributed by atoms with E-state index in [0.717, 1.165) is 17.9 Å². The van der Waals surface area contributed by atoms with Gasteiger partial charge in [-0.05, 0) is 56.8 Å². The molecule has 0 fully saturated rings. The Morgan fingerprint density at radius 2 is 1.83 bits per heavy atom. The topological polar surface area (TPSA) is 41.9 Å². The largest absolute Gasteiger partial charge is 0.491 e. The summed E-state index contributed by atoms with van der Waals surface area (Å²) in [5.41, 5.74) is 2.22. The Morgan fingerprint density at radius 1 is 1.07 bits per heavy atom. The number of aliphatic hydroxyl groups is 1. The fourth-order valence-electron chi connectivity index (χ4n) is 4.31. The van der Waals surface area contributed by atoms with E-state index in [0.29, 0.717) is 6.54 Å². The second-order valence-corrected chi connectivity index (χ2v) is 9.15. The van der Waals surface area contributed by atoms with Crippen LogP contribution in [0.2, 0.25) is 0 Å². The van der Waals surface area contributed by atoms with E-state index in [-0.39, 0.29) is 18.1 Å². The second-order valence-electron chi connectivity index (χ2n) is 9.15. The van der Waals surface area contributed by atoms with Gasteiger partial charge in [-0.25, -0.2) is 0 Å². The highest BCUT2D eigenvalue weighted by molar-refractivity contribution is 5.83. The maximum Gasteiger partial charge on any atom is 0.127 e. The molecule has 0 aromatic heterocycles. The van der Waals surface area contributed by atoms with Crippen LogP contribution < -0.4 is 9.47 Å². The SMILES string of the molecule is CN(C)CC(O)COc1ccc2c(c1)OC(C)(C)CC2c1ccc2ccccc2c1. The van der Waals surface area contributed by atoms with Gasteiger partial charge in [-0.15, -0.1) is 0 Å². The summed E-state index contributed by atoms with van der Waals surface area (Å²) in [6, 6.07) is 21.3. The number of nitrogens with zero attached hydrogens (tertiary/aromatic N) is 1. The molecular weight excluding hydrogens is 374 g/mol. The predicted octanol–water partition coefficient (Wildman–Crippen LogP) is 4.83. The fourth-order valence-corrected chi connectivity index (χ4v) is 4.31. The molecule has 1 N–H and O–H groups in total. The zero-order chi connectivity index (χ0) is 21.3. The molecule has 0 spiro atoms. The molecule has 0 saturated heterocycles. The first-order valence-corrected chi connectivity index (χ1v) is 10.6. The number of likely N-dealkylation sites (N-methyl/N-ethyl adjacent to an activating group) is 1. The zero-order valence-electron chi connectivity index (χ0n) is 18.3. The molecule has 4 nitrogen and oxygen atoms in total. The van der Waals surface area contributed by atoms with Crippen molar-refractivity contribution in [3.8, 4) is 11.5 Å². The van der Waals surface area contributed by atoms with Gasteiger partial charge >= 0.3 is 0 Å². The number of rotatable bonds is 6. The summed E-state index contributed by atoms with van der Waals surface area (Å²) >= 11 is 0. The first kappa shape index (κ1) is 20.7. The first-order valence-electron chi connectivity index (χ1n) is 10.6. The summed E-state index contributed by atoms with van der Waals surface area (Å²) in [4.78, 5) is 1.95. The minimum atomic E-state index is -0.529. The van der Waals surface area contributed by atoms with E-state index in [4.69, 9.17) is 9.47 Å². The Bertz CT molecular complexity index is 1030. The molecule has 0 bridgehead atoms. The third kappa shape index (κ3) is 4.61. The number of fused-ring (bicyclic) bond motifs is 2. The fraction of sp³-hybridized carbons (Fsp3) is 0.385. The first-order chi connectivity index (χ1) is 14.3. The van der Waals surface area contributed by atoms with Gasteiger partial charge in [-0.1, -0.05) is 48.5 Å². The summed E-state index contributed by atoms with van der Waals surface area (Å²) in [5.74, 6) is 1.85. The molecule has 3 aromatic carbocycles. The van der Waals surface area contributed by atoms with Crippen molar-refractivity contribution in [2.24, 2.45) is 0 Å². The van der Waals surface area contributed by atoms with Crippen LogP contribution in [0.4, 0.5) is 0 Å². The summed E-state index contributed by atoms with van der Waals surface area (Å²) in [6.07, 6.45) is 0.388. The summed E-state index contributed by atoms with van der Waals surface area (Å²) in [7, 11) is 3.87. The van der Waals surface area contributed by atoms with Crippen LogP contribution in [0.15, 0.2) is 60.7 Å². The van der Waals surface area contributed by atoms with E-state index < -0.39 is 6.10 Å². The number of ether oxygens (including phenoxy) is 2. The monoisotopic (exact) mass is 405 g/mol. The molecule has 3 aromatic rings. The van der Waals surface area contributed by atoms with Gasteiger partial charge < -0.3 is 19.5 Å². The van der Waals surface area contributed by atoms with Crippen LogP contribution >= 0.6 is 0 Å². The Balaban J connectivity index is 1.62. The molecule has 158 valence electrons. The van der Waals surface area contributed by atoms with Crippen molar-refractivity contribution < 1.29 is 14.6 Å². The van der Waals surface area contributed by atoms with Crippen molar-refractivity contribution in [3.63, 3.8) is 0 Å². The molecule has 0 aliphatic carbocycles. The van der Waals surface area contributed by atoms with Crippen LogP contribution in [0.1, 0.15) is 37.3 Å². The van der Waals surface area contributed by atoms with Gasteiger partial charge in [0.05, 0.1) is 0 Å². The molecule has 0 saturated carbocycles. The third-order valence-corrected chi connectivity index (χ3v) is 5.64. The number of aliphatic hydroxyl groups excluding tert-OH is 1. The van der Waals surface area contributed by atoms with Gasteiger partial charge in [0.2, 0.25) is 0 Å². The lowest BCUT2D eigenvalue weighted by Gasteiger charge is -2.38. The molecule has 1 heterocycles. The van der Waals surface area contributed by atoms with E-state index in [1.165, 1.54) is 21.9 Å². The van der Waals surface area contributed by atoms with E-state index in [2.05, 4.69) is 62.4 Å². The second kappa shape index (κ2) is 8.29. The van der Waals surface area contributed by atoms with Crippen LogP contribution in [-0.4, -0.2) is 49.0 Å². The van der Waals surface area contributed by atoms with Gasteiger partial charge in [0.25, 0.3) is 0 Å². The van der Waals surface area contributed by atoms with Crippen molar-refractivity contribution >= 4 is 10.8 Å². The van der Waals surface area contributed by atoms with Crippen LogP contribution in [0.25, 0.3) is 10.8 Å². The highest BCUT2D eigenvalue weighted by atomic mass is 16.5. The minimum absolute atomic E-state index is 0.258. The average molecular weight is 406 g/mol. The number of hydrogen-bond acceptors (Lipinski definition) is 4. The summed E-state index contributed by atoms with van der Waals surface area (Å²) in [6.45, 7) is 5.10. The van der Waals surface area contributed by atoms with Crippen LogP contribution in [-0.2, 0) is 0 Å². The molecule has 1 aliphatic rings. The van der Waals surface area contributed by atoms with Gasteiger partial charge in [-0.2, -0.15) is 0 Å². The predicted molar refractivity (Wildman–Crippen MR) is 122 cm³/mol. The number of hydrogen-bond donors (Lipinski definition) is 1. The van der Waals surface area contributed by atoms with Crippen molar-refractivity contribution in [2.75, 3.05) is 27.2 Å². The van der Waals surface area contributed by atoms with Gasteiger partial charge in [-0.3, -0.25) is 0 Å². The van der Waals surface area contributed by atoms with Gasteiger partial charge in [0.1, 0.15) is 29.8 Å². The van der Waals surface area contributed by atoms with E-state index in [9.17, 15) is 5.11 Å². The molecule has 2 unspecified atom stereocenters. The van der Waals surface area contributed by atoms with Gasteiger partial charge in [0.15, 0.2) is 0 Å². The zero-order valence-corrected chi connectivity index (χ0v) is 18.3. The quantitative estimate of drug-likeness (QED) is 0.638. The van der Waals surface area contributed by atoms with Crippen molar-refractivity contribution in [1.29, 1.82) is 0 Å². The van der Waals surface area contributed by atoms with Crippen LogP contribution in [0.3, 0.4) is 0 Å². The highest BCUT2D eigenvalue weighted by Crippen LogP contribution is 2.45. The average Bonchev–Trinajstić information content (AvgIpc) is 2.70. The maximum atomic E-state index is 10.1. The summed E-state index contributed by atoms with van der Waals surface area (Å²) < 4.78 is 12.2. The maximum absolute atomic E-state index is 10.1. The molecule has 1 aliphatic heterocycles. The lowest BCUT2D eigenvalue weighted by atomic mass is 9.79. The van der Waals surface area contributed by atoms with Crippen LogP contribution in [0, 0.1) is 0 Å². The number of benzene rings is 3. The standard InChI is InChI=1S/C26H31NO3/c1-26(2)15-24(20-10-9-18-7-5-6-8-19(18)13-20)23-12-11-22(14-25(23)30-26)29-17-21(28)16-27(3)4/h5-14,21,24,28H,15-17H2,1-4H3. The van der Waals surface area contributed by atoms with E-state index >= 15 is 0 Å². The van der Waals surface area contributed by atoms with E-state index in [1.807, 2.05) is 31.1 Å². The van der Waals surface area contributed by atoms with Crippen LogP contribution in [0.5, 0.6) is 11.5 Å². The summed E-state index contributed by atoms with van der Waals surface area (Å²) in [5, 5.41) is 12.6. The van der Waals surface area contributed by atoms with Gasteiger partial charge in [0, 0.05) is 24.1 Å². The normalized spacial score (nSPS) is 18.7. The molecule has 0 amide bonds. The highest BCUT2D eigenvalue weighted by Gasteiger charge is 2.35. The molecular formula is C26H31NO3. The molecule has 0 radical (unpaired) electrons. The molecule has 2 atom stereocenters. The molecule has 30 heavy (non-hydrogen) atoms. The molecule has 4 rings (SSSR count). The smallest absolute Gasteiger partial charge is 0.127 e. The Labute approximate surface area is 179 Å². The van der Waals surface area contributed by atoms with Crippen molar-refractivity contribution in [1.82, 2.24) is 4.90 Å². The van der Waals surface area contributed by atoms with E-state index in [1.54, 1.807) is 0 Å². The lowest BCUT2D eigenvalue weighted by Crippen LogP contribution is -2.35. The van der Waals surface area contributed by atoms with Crippen molar-refractivity contribution in [2.45, 2.75) is 37.9 Å². The minimum Gasteiger partial charge on any atom is -0.491 e. The Hall–Kier alpha value is -2.56. The Morgan fingerprint density at radius 3 is 2.60 bits per heavy atom. The Kier molecular flexibility index (Phi) is 5.72. The third-order valence-electron chi connectivity index (χ3n) is 5.64. The molecule has 4 heteroatoms. The lowest BCUT2D eigenvalue weighted by molar-refractivity contribution is 0.0735.